The molecule has 1 amide bonds. The number of aliphatic hydroxyl groups is 1. The number of hydrogen-bond acceptors (Lipinski definition) is 4. The minimum Gasteiger partial charge on any atom is -0.396 e. The van der Waals surface area contributed by atoms with Gasteiger partial charge in [-0.3, -0.25) is 4.79 Å². The van der Waals surface area contributed by atoms with Gasteiger partial charge in [0.15, 0.2) is 0 Å². The molecule has 5 nitrogen and oxygen atoms in total. The first-order chi connectivity index (χ1) is 9.12. The zero-order valence-corrected chi connectivity index (χ0v) is 13.3. The second-order valence-electron chi connectivity index (χ2n) is 5.27. The van der Waals surface area contributed by atoms with Crippen molar-refractivity contribution in [3.05, 3.63) is 28.0 Å². The Bertz CT molecular complexity index is 507. The molecule has 20 heavy (non-hydrogen) atoms. The highest BCUT2D eigenvalue weighted by molar-refractivity contribution is 9.10. The van der Waals surface area contributed by atoms with Crippen molar-refractivity contribution in [1.29, 1.82) is 0 Å². The number of hydrogen-bond donors (Lipinski definition) is 3. The van der Waals surface area contributed by atoms with Gasteiger partial charge < -0.3 is 21.1 Å². The van der Waals surface area contributed by atoms with E-state index in [1.807, 2.05) is 19.0 Å². The van der Waals surface area contributed by atoms with E-state index < -0.39 is 17.3 Å². The van der Waals surface area contributed by atoms with Crippen molar-refractivity contribution in [2.45, 2.75) is 12.5 Å². The third-order valence-electron chi connectivity index (χ3n) is 2.62. The molecule has 0 radical (unpaired) electrons. The fourth-order valence-corrected chi connectivity index (χ4v) is 2.34. The predicted octanol–water partition coefficient (Wildman–Crippen LogP) is 1.21. The lowest BCUT2D eigenvalue weighted by atomic mass is 10.1. The van der Waals surface area contributed by atoms with Crippen LogP contribution in [0.15, 0.2) is 16.6 Å². The number of carbonyl (C=O) groups excluding carboxylic acids is 1. The highest BCUT2D eigenvalue weighted by Crippen LogP contribution is 2.22. The standard InChI is InChI=1S/C13H19BrFN3O2/c1-13(20,7-18(2)3)6-17-12(19)8-4-11(16)10(15)5-9(8)14/h4-5,20H,6-7,16H2,1-3H3,(H,17,19). The number of amides is 1. The van der Waals surface area contributed by atoms with E-state index >= 15 is 0 Å². The van der Waals surface area contributed by atoms with E-state index in [1.54, 1.807) is 6.92 Å². The van der Waals surface area contributed by atoms with Crippen LogP contribution in [0.3, 0.4) is 0 Å². The number of nitrogens with zero attached hydrogens (tertiary/aromatic N) is 1. The van der Waals surface area contributed by atoms with Gasteiger partial charge in [-0.05, 0) is 49.1 Å². The van der Waals surface area contributed by atoms with Crippen LogP contribution in [0.2, 0.25) is 0 Å². The molecule has 0 bridgehead atoms. The van der Waals surface area contributed by atoms with Crippen LogP contribution < -0.4 is 11.1 Å². The Morgan fingerprint density at radius 2 is 2.15 bits per heavy atom. The Kier molecular flexibility index (Phi) is 5.50. The molecule has 112 valence electrons. The van der Waals surface area contributed by atoms with E-state index in [9.17, 15) is 14.3 Å². The van der Waals surface area contributed by atoms with Gasteiger partial charge in [0, 0.05) is 17.6 Å². The average molecular weight is 348 g/mol. The number of nitrogens with one attached hydrogen (secondary N) is 1. The fraction of sp³-hybridized carbons (Fsp3) is 0.462. The molecule has 0 aromatic heterocycles. The molecular formula is C13H19BrFN3O2. The molecule has 1 aromatic carbocycles. The van der Waals surface area contributed by atoms with Gasteiger partial charge in [0.1, 0.15) is 5.82 Å². The summed E-state index contributed by atoms with van der Waals surface area (Å²) in [7, 11) is 3.65. The van der Waals surface area contributed by atoms with Gasteiger partial charge in [-0.15, -0.1) is 0 Å². The van der Waals surface area contributed by atoms with Crippen molar-refractivity contribution < 1.29 is 14.3 Å². The quantitative estimate of drug-likeness (QED) is 0.699. The first kappa shape index (κ1) is 16.9. The van der Waals surface area contributed by atoms with Crippen LogP contribution >= 0.6 is 15.9 Å². The lowest BCUT2D eigenvalue weighted by Crippen LogP contribution is -2.47. The summed E-state index contributed by atoms with van der Waals surface area (Å²) in [6.45, 7) is 2.11. The van der Waals surface area contributed by atoms with Crippen molar-refractivity contribution in [3.8, 4) is 0 Å². The summed E-state index contributed by atoms with van der Waals surface area (Å²) in [6, 6.07) is 2.40. The van der Waals surface area contributed by atoms with Gasteiger partial charge in [-0.1, -0.05) is 0 Å². The van der Waals surface area contributed by atoms with Crippen LogP contribution in [0.5, 0.6) is 0 Å². The van der Waals surface area contributed by atoms with E-state index in [1.165, 1.54) is 6.07 Å². The molecule has 1 atom stereocenters. The van der Waals surface area contributed by atoms with Gasteiger partial charge in [-0.2, -0.15) is 0 Å². The molecule has 1 aromatic rings. The van der Waals surface area contributed by atoms with Gasteiger partial charge in [-0.25, -0.2) is 4.39 Å². The van der Waals surface area contributed by atoms with Crippen LogP contribution in [-0.4, -0.2) is 48.7 Å². The Labute approximate surface area is 126 Å². The van der Waals surface area contributed by atoms with Gasteiger partial charge >= 0.3 is 0 Å². The topological polar surface area (TPSA) is 78.6 Å². The number of rotatable bonds is 5. The van der Waals surface area contributed by atoms with Crippen LogP contribution in [-0.2, 0) is 0 Å². The van der Waals surface area contributed by atoms with E-state index in [0.29, 0.717) is 11.0 Å². The maximum Gasteiger partial charge on any atom is 0.252 e. The molecule has 7 heteroatoms. The number of carbonyl (C=O) groups is 1. The summed E-state index contributed by atoms with van der Waals surface area (Å²) >= 11 is 3.12. The SMILES string of the molecule is CN(C)CC(C)(O)CNC(=O)c1cc(N)c(F)cc1Br. The highest BCUT2D eigenvalue weighted by Gasteiger charge is 2.23. The molecule has 0 spiro atoms. The summed E-state index contributed by atoms with van der Waals surface area (Å²) < 4.78 is 13.5. The molecule has 0 aliphatic heterocycles. The summed E-state index contributed by atoms with van der Waals surface area (Å²) in [4.78, 5) is 13.8. The fourth-order valence-electron chi connectivity index (χ4n) is 1.84. The first-order valence-electron chi connectivity index (χ1n) is 6.02. The van der Waals surface area contributed by atoms with Gasteiger partial charge in [0.2, 0.25) is 0 Å². The molecule has 1 rings (SSSR count). The summed E-state index contributed by atoms with van der Waals surface area (Å²) in [6.07, 6.45) is 0. The number of anilines is 1. The lowest BCUT2D eigenvalue weighted by Gasteiger charge is -2.27. The normalized spacial score (nSPS) is 14.2. The molecule has 1 unspecified atom stereocenters. The van der Waals surface area contributed by atoms with Crippen molar-refractivity contribution in [2.75, 3.05) is 32.9 Å². The Morgan fingerprint density at radius 1 is 1.55 bits per heavy atom. The van der Waals surface area contributed by atoms with E-state index in [-0.39, 0.29) is 17.8 Å². The monoisotopic (exact) mass is 347 g/mol. The van der Waals surface area contributed by atoms with Gasteiger partial charge in [0.05, 0.1) is 16.9 Å². The van der Waals surface area contributed by atoms with Crippen LogP contribution in [0, 0.1) is 5.82 Å². The molecule has 0 saturated carbocycles. The second kappa shape index (κ2) is 6.51. The minimum absolute atomic E-state index is 0.0771. The zero-order valence-electron chi connectivity index (χ0n) is 11.7. The third kappa shape index (κ3) is 4.73. The van der Waals surface area contributed by atoms with Crippen molar-refractivity contribution in [3.63, 3.8) is 0 Å². The smallest absolute Gasteiger partial charge is 0.252 e. The minimum atomic E-state index is -1.06. The average Bonchev–Trinajstić information content (AvgIpc) is 2.29. The first-order valence-corrected chi connectivity index (χ1v) is 6.81. The molecule has 0 aliphatic carbocycles. The van der Waals surface area contributed by atoms with E-state index in [2.05, 4.69) is 21.2 Å². The Morgan fingerprint density at radius 3 is 2.70 bits per heavy atom. The van der Waals surface area contributed by atoms with Crippen LogP contribution in [0.25, 0.3) is 0 Å². The number of benzene rings is 1. The summed E-state index contributed by atoms with van der Waals surface area (Å²) in [5, 5.41) is 12.7. The van der Waals surface area contributed by atoms with Crippen LogP contribution in [0.1, 0.15) is 17.3 Å². The number of likely N-dealkylation sites (N-methyl/N-ethyl adjacent to an activating group) is 1. The van der Waals surface area contributed by atoms with Crippen LogP contribution in [0.4, 0.5) is 10.1 Å². The van der Waals surface area contributed by atoms with Crippen molar-refractivity contribution in [2.24, 2.45) is 0 Å². The number of nitrogens with two attached hydrogens (primary N) is 1. The van der Waals surface area contributed by atoms with Gasteiger partial charge in [0.25, 0.3) is 5.91 Å². The molecule has 4 N–H and O–H groups in total. The zero-order chi connectivity index (χ0) is 15.5. The number of halogens is 2. The molecular weight excluding hydrogens is 329 g/mol. The largest absolute Gasteiger partial charge is 0.396 e. The Balaban J connectivity index is 2.75. The summed E-state index contributed by atoms with van der Waals surface area (Å²) in [5.41, 5.74) is 4.51. The highest BCUT2D eigenvalue weighted by atomic mass is 79.9. The molecule has 0 aliphatic rings. The van der Waals surface area contributed by atoms with E-state index in [0.717, 1.165) is 6.07 Å². The predicted molar refractivity (Wildman–Crippen MR) is 80.0 cm³/mol. The number of nitrogen functional groups attached to an aromatic ring is 1. The summed E-state index contributed by atoms with van der Waals surface area (Å²) in [5.74, 6) is -1.02. The van der Waals surface area contributed by atoms with E-state index in [4.69, 9.17) is 5.73 Å². The van der Waals surface area contributed by atoms with Crippen molar-refractivity contribution in [1.82, 2.24) is 10.2 Å². The third-order valence-corrected chi connectivity index (χ3v) is 3.27. The maximum absolute atomic E-state index is 13.2. The van der Waals surface area contributed by atoms with Crippen molar-refractivity contribution >= 4 is 27.5 Å². The molecule has 0 fully saturated rings. The lowest BCUT2D eigenvalue weighted by molar-refractivity contribution is 0.0326. The molecule has 0 saturated heterocycles. The molecule has 0 heterocycles. The second-order valence-corrected chi connectivity index (χ2v) is 6.13. The Hall–Kier alpha value is -1.18. The maximum atomic E-state index is 13.2.